The Bertz CT molecular complexity index is 758. The summed E-state index contributed by atoms with van der Waals surface area (Å²) in [6, 6.07) is 7.46. The molecule has 27 heavy (non-hydrogen) atoms. The van der Waals surface area contributed by atoms with Gasteiger partial charge in [0.2, 0.25) is 11.8 Å². The molecule has 1 N–H and O–H groups in total. The Labute approximate surface area is 159 Å². The van der Waals surface area contributed by atoms with Crippen LogP contribution in [0.4, 0.5) is 0 Å². The molecule has 6 nitrogen and oxygen atoms in total. The molecule has 0 radical (unpaired) electrons. The molecule has 2 aliphatic heterocycles. The fourth-order valence-electron chi connectivity index (χ4n) is 4.11. The Kier molecular flexibility index (Phi) is 5.94. The van der Waals surface area contributed by atoms with Crippen LogP contribution in [0.25, 0.3) is 6.08 Å². The van der Waals surface area contributed by atoms with Gasteiger partial charge in [0.25, 0.3) is 0 Å². The van der Waals surface area contributed by atoms with E-state index < -0.39 is 5.97 Å². The van der Waals surface area contributed by atoms with Gasteiger partial charge in [-0.3, -0.25) is 14.4 Å². The van der Waals surface area contributed by atoms with Gasteiger partial charge in [-0.15, -0.1) is 0 Å². The van der Waals surface area contributed by atoms with E-state index in [4.69, 9.17) is 5.11 Å². The number of carbonyl (C=O) groups is 3. The van der Waals surface area contributed by atoms with Gasteiger partial charge in [-0.1, -0.05) is 24.3 Å². The van der Waals surface area contributed by atoms with Gasteiger partial charge in [0.1, 0.15) is 0 Å². The molecule has 1 aromatic carbocycles. The second-order valence-electron chi connectivity index (χ2n) is 7.26. The lowest BCUT2D eigenvalue weighted by Crippen LogP contribution is -2.45. The van der Waals surface area contributed by atoms with Crippen LogP contribution in [-0.2, 0) is 14.4 Å². The van der Waals surface area contributed by atoms with Crippen LogP contribution >= 0.6 is 0 Å². The molecule has 144 valence electrons. The van der Waals surface area contributed by atoms with E-state index in [1.165, 1.54) is 6.92 Å². The van der Waals surface area contributed by atoms with Gasteiger partial charge in [0.15, 0.2) is 0 Å². The molecule has 0 aromatic heterocycles. The number of aliphatic carboxylic acids is 1. The standard InChI is InChI=1S/C21H26N2O4/c1-15(24)22-13-11-16-6-2-3-8-18(16)19(22)14-20(25)23-12-5-4-7-17(23)9-10-21(26)27/h2-3,6,8,11,13,17,19H,4-5,7,9-10,12,14H2,1H3,(H,26,27)/t17-,19-/m1/s1. The second kappa shape index (κ2) is 8.37. The minimum atomic E-state index is -0.831. The van der Waals surface area contributed by atoms with Crippen LogP contribution in [0.3, 0.4) is 0 Å². The summed E-state index contributed by atoms with van der Waals surface area (Å²) in [6.07, 6.45) is 7.22. The van der Waals surface area contributed by atoms with E-state index in [0.717, 1.165) is 30.4 Å². The minimum Gasteiger partial charge on any atom is -0.481 e. The topological polar surface area (TPSA) is 77.9 Å². The maximum atomic E-state index is 13.1. The Balaban J connectivity index is 1.78. The second-order valence-corrected chi connectivity index (χ2v) is 7.26. The van der Waals surface area contributed by atoms with Crippen molar-refractivity contribution >= 4 is 23.9 Å². The van der Waals surface area contributed by atoms with Crippen LogP contribution in [0, 0.1) is 0 Å². The molecule has 3 rings (SSSR count). The molecule has 0 spiro atoms. The SMILES string of the molecule is CC(=O)N1C=Cc2ccccc2[C@H]1CC(=O)N1CCCC[C@@H]1CCC(=O)O. The van der Waals surface area contributed by atoms with Gasteiger partial charge < -0.3 is 14.9 Å². The third-order valence-electron chi connectivity index (χ3n) is 5.48. The predicted molar refractivity (Wildman–Crippen MR) is 102 cm³/mol. The van der Waals surface area contributed by atoms with Crippen LogP contribution in [0.15, 0.2) is 30.5 Å². The number of carboxylic acid groups (broad SMARTS) is 1. The van der Waals surface area contributed by atoms with Crippen molar-refractivity contribution in [3.8, 4) is 0 Å². The van der Waals surface area contributed by atoms with Gasteiger partial charge in [0, 0.05) is 32.1 Å². The number of carboxylic acids is 1. The summed E-state index contributed by atoms with van der Waals surface area (Å²) in [5, 5.41) is 8.98. The maximum absolute atomic E-state index is 13.1. The Hall–Kier alpha value is -2.63. The number of carbonyl (C=O) groups excluding carboxylic acids is 2. The molecule has 0 bridgehead atoms. The highest BCUT2D eigenvalue weighted by Crippen LogP contribution is 2.34. The maximum Gasteiger partial charge on any atom is 0.303 e. The van der Waals surface area contributed by atoms with Crippen LogP contribution in [0.1, 0.15) is 62.6 Å². The molecular weight excluding hydrogens is 344 g/mol. The fourth-order valence-corrected chi connectivity index (χ4v) is 4.11. The summed E-state index contributed by atoms with van der Waals surface area (Å²) in [5.41, 5.74) is 2.00. The van der Waals surface area contributed by atoms with Crippen molar-refractivity contribution in [2.24, 2.45) is 0 Å². The van der Waals surface area contributed by atoms with Crippen molar-refractivity contribution in [2.45, 2.75) is 57.5 Å². The number of benzene rings is 1. The van der Waals surface area contributed by atoms with Crippen molar-refractivity contribution in [3.63, 3.8) is 0 Å². The van der Waals surface area contributed by atoms with Crippen molar-refractivity contribution in [3.05, 3.63) is 41.6 Å². The average molecular weight is 370 g/mol. The van der Waals surface area contributed by atoms with Crippen LogP contribution in [0.2, 0.25) is 0 Å². The lowest BCUT2D eigenvalue weighted by atomic mass is 9.92. The molecule has 2 amide bonds. The molecule has 2 heterocycles. The molecule has 1 saturated heterocycles. The predicted octanol–water partition coefficient (Wildman–Crippen LogP) is 3.20. The number of fused-ring (bicyclic) bond motifs is 1. The van der Waals surface area contributed by atoms with Crippen LogP contribution < -0.4 is 0 Å². The molecule has 0 aliphatic carbocycles. The van der Waals surface area contributed by atoms with Gasteiger partial charge in [-0.2, -0.15) is 0 Å². The van der Waals surface area contributed by atoms with Crippen molar-refractivity contribution in [2.75, 3.05) is 6.54 Å². The summed E-state index contributed by atoms with van der Waals surface area (Å²) in [6.45, 7) is 2.17. The van der Waals surface area contributed by atoms with E-state index >= 15 is 0 Å². The zero-order valence-corrected chi connectivity index (χ0v) is 15.6. The normalized spacial score (nSPS) is 21.7. The first-order valence-electron chi connectivity index (χ1n) is 9.54. The van der Waals surface area contributed by atoms with E-state index in [-0.39, 0.29) is 36.7 Å². The average Bonchev–Trinajstić information content (AvgIpc) is 2.66. The molecule has 2 atom stereocenters. The monoisotopic (exact) mass is 370 g/mol. The molecule has 6 heteroatoms. The number of rotatable bonds is 5. The van der Waals surface area contributed by atoms with E-state index in [1.807, 2.05) is 35.2 Å². The Morgan fingerprint density at radius 1 is 1.19 bits per heavy atom. The number of amides is 2. The molecule has 0 saturated carbocycles. The van der Waals surface area contributed by atoms with E-state index in [9.17, 15) is 14.4 Å². The smallest absolute Gasteiger partial charge is 0.303 e. The first-order valence-corrected chi connectivity index (χ1v) is 9.54. The summed E-state index contributed by atoms with van der Waals surface area (Å²) in [5.74, 6) is -0.937. The molecular formula is C21H26N2O4. The lowest BCUT2D eigenvalue weighted by molar-refractivity contribution is -0.141. The zero-order valence-electron chi connectivity index (χ0n) is 15.6. The van der Waals surface area contributed by atoms with Gasteiger partial charge >= 0.3 is 5.97 Å². The number of nitrogens with zero attached hydrogens (tertiary/aromatic N) is 2. The third kappa shape index (κ3) is 4.38. The van der Waals surface area contributed by atoms with Crippen LogP contribution in [0.5, 0.6) is 0 Å². The van der Waals surface area contributed by atoms with Gasteiger partial charge in [-0.05, 0) is 42.9 Å². The molecule has 1 aromatic rings. The quantitative estimate of drug-likeness (QED) is 0.863. The summed E-state index contributed by atoms with van der Waals surface area (Å²) in [7, 11) is 0. The number of piperidine rings is 1. The summed E-state index contributed by atoms with van der Waals surface area (Å²) < 4.78 is 0. The number of hydrogen-bond acceptors (Lipinski definition) is 3. The summed E-state index contributed by atoms with van der Waals surface area (Å²) in [4.78, 5) is 39.6. The van der Waals surface area contributed by atoms with Gasteiger partial charge in [-0.25, -0.2) is 0 Å². The first-order chi connectivity index (χ1) is 13.0. The molecule has 1 fully saturated rings. The van der Waals surface area contributed by atoms with E-state index in [1.54, 1.807) is 11.1 Å². The lowest BCUT2D eigenvalue weighted by Gasteiger charge is -2.38. The third-order valence-corrected chi connectivity index (χ3v) is 5.48. The fraction of sp³-hybridized carbons (Fsp3) is 0.476. The van der Waals surface area contributed by atoms with E-state index in [0.29, 0.717) is 13.0 Å². The van der Waals surface area contributed by atoms with Crippen molar-refractivity contribution in [1.29, 1.82) is 0 Å². The molecule has 0 unspecified atom stereocenters. The number of hydrogen-bond donors (Lipinski definition) is 1. The van der Waals surface area contributed by atoms with Crippen molar-refractivity contribution < 1.29 is 19.5 Å². The molecule has 2 aliphatic rings. The van der Waals surface area contributed by atoms with Crippen molar-refractivity contribution in [1.82, 2.24) is 9.80 Å². The number of likely N-dealkylation sites (tertiary alicyclic amines) is 1. The zero-order chi connectivity index (χ0) is 19.4. The highest BCUT2D eigenvalue weighted by atomic mass is 16.4. The highest BCUT2D eigenvalue weighted by molar-refractivity contribution is 5.82. The van der Waals surface area contributed by atoms with Crippen LogP contribution in [-0.4, -0.2) is 45.3 Å². The van der Waals surface area contributed by atoms with Gasteiger partial charge in [0.05, 0.1) is 12.5 Å². The Morgan fingerprint density at radius 2 is 1.96 bits per heavy atom. The van der Waals surface area contributed by atoms with E-state index in [2.05, 4.69) is 0 Å². The highest BCUT2D eigenvalue weighted by Gasteiger charge is 2.33. The first kappa shape index (κ1) is 19.1. The summed E-state index contributed by atoms with van der Waals surface area (Å²) >= 11 is 0. The Morgan fingerprint density at radius 3 is 2.70 bits per heavy atom. The minimum absolute atomic E-state index is 0.00792. The largest absolute Gasteiger partial charge is 0.481 e.